The predicted octanol–water partition coefficient (Wildman–Crippen LogP) is 5.60. The van der Waals surface area contributed by atoms with Crippen LogP contribution in [0.2, 0.25) is 0 Å². The smallest absolute Gasteiger partial charge is 0.237 e. The molecule has 128 valence electrons. The molecule has 0 aliphatic carbocycles. The van der Waals surface area contributed by atoms with Gasteiger partial charge in [0.05, 0.1) is 5.25 Å². The van der Waals surface area contributed by atoms with E-state index in [4.69, 9.17) is 0 Å². The number of anilines is 1. The molecule has 2 aromatic carbocycles. The van der Waals surface area contributed by atoms with Crippen LogP contribution in [0.4, 0.5) is 14.5 Å². The summed E-state index contributed by atoms with van der Waals surface area (Å²) in [5, 5.41) is 2.35. The first-order valence-corrected chi connectivity index (χ1v) is 8.81. The van der Waals surface area contributed by atoms with Crippen molar-refractivity contribution in [3.8, 4) is 0 Å². The molecule has 0 spiro atoms. The molecule has 0 bridgehead atoms. The van der Waals surface area contributed by atoms with Crippen LogP contribution in [-0.2, 0) is 4.79 Å². The topological polar surface area (TPSA) is 29.1 Å². The van der Waals surface area contributed by atoms with Gasteiger partial charge in [0, 0.05) is 10.6 Å². The van der Waals surface area contributed by atoms with E-state index in [2.05, 4.69) is 19.2 Å². The highest BCUT2D eigenvalue weighted by atomic mass is 32.2. The summed E-state index contributed by atoms with van der Waals surface area (Å²) in [6, 6.07) is 10.9. The average Bonchev–Trinajstić information content (AvgIpc) is 2.57. The van der Waals surface area contributed by atoms with Gasteiger partial charge in [0.25, 0.3) is 0 Å². The zero-order chi connectivity index (χ0) is 17.7. The monoisotopic (exact) mass is 349 g/mol. The SMILES string of the molecule is CC[C@H](C)c1ccccc1NC(=O)[C@@H](C)Sc1cc(F)ccc1F. The normalized spacial score (nSPS) is 13.4. The van der Waals surface area contributed by atoms with Crippen molar-refractivity contribution in [3.05, 3.63) is 59.7 Å². The lowest BCUT2D eigenvalue weighted by atomic mass is 9.97. The molecule has 2 nitrogen and oxygen atoms in total. The van der Waals surface area contributed by atoms with Gasteiger partial charge in [0.15, 0.2) is 0 Å². The molecular weight excluding hydrogens is 328 g/mol. The van der Waals surface area contributed by atoms with Gasteiger partial charge in [-0.25, -0.2) is 8.78 Å². The van der Waals surface area contributed by atoms with Gasteiger partial charge in [0.1, 0.15) is 11.6 Å². The van der Waals surface area contributed by atoms with Gasteiger partial charge >= 0.3 is 0 Å². The summed E-state index contributed by atoms with van der Waals surface area (Å²) in [6.07, 6.45) is 0.964. The number of hydrogen-bond acceptors (Lipinski definition) is 2. The second kappa shape index (κ2) is 8.29. The number of benzene rings is 2. The lowest BCUT2D eigenvalue weighted by Crippen LogP contribution is -2.23. The molecule has 0 aromatic heterocycles. The molecule has 2 rings (SSSR count). The molecule has 0 unspecified atom stereocenters. The third-order valence-electron chi connectivity index (χ3n) is 3.93. The molecule has 1 N–H and O–H groups in total. The van der Waals surface area contributed by atoms with Crippen molar-refractivity contribution in [2.24, 2.45) is 0 Å². The molecule has 0 radical (unpaired) electrons. The molecule has 24 heavy (non-hydrogen) atoms. The standard InChI is InChI=1S/C19H21F2NOS/c1-4-12(2)15-7-5-6-8-17(15)22-19(23)13(3)24-18-11-14(20)9-10-16(18)21/h5-13H,4H2,1-3H3,(H,22,23)/t12-,13+/m0/s1. The predicted molar refractivity (Wildman–Crippen MR) is 95.5 cm³/mol. The van der Waals surface area contributed by atoms with Crippen molar-refractivity contribution in [1.82, 2.24) is 0 Å². The first-order chi connectivity index (χ1) is 11.4. The summed E-state index contributed by atoms with van der Waals surface area (Å²) in [5.74, 6) is -0.959. The number of rotatable bonds is 6. The molecule has 0 saturated heterocycles. The molecule has 2 atom stereocenters. The molecule has 2 aromatic rings. The Hall–Kier alpha value is -1.88. The van der Waals surface area contributed by atoms with E-state index in [0.29, 0.717) is 5.92 Å². The van der Waals surface area contributed by atoms with Crippen LogP contribution >= 0.6 is 11.8 Å². The van der Waals surface area contributed by atoms with E-state index in [1.54, 1.807) is 6.92 Å². The molecule has 5 heteroatoms. The van der Waals surface area contributed by atoms with Crippen molar-refractivity contribution in [1.29, 1.82) is 0 Å². The first kappa shape index (κ1) is 18.5. The Kier molecular flexibility index (Phi) is 6.37. The Morgan fingerprint density at radius 1 is 1.17 bits per heavy atom. The Bertz CT molecular complexity index is 720. The van der Waals surface area contributed by atoms with Crippen LogP contribution in [0.5, 0.6) is 0 Å². The first-order valence-electron chi connectivity index (χ1n) is 7.93. The Balaban J connectivity index is 2.11. The highest BCUT2D eigenvalue weighted by molar-refractivity contribution is 8.00. The molecule has 0 saturated carbocycles. The van der Waals surface area contributed by atoms with Crippen molar-refractivity contribution >= 4 is 23.4 Å². The van der Waals surface area contributed by atoms with Gasteiger partial charge in [-0.2, -0.15) is 0 Å². The summed E-state index contributed by atoms with van der Waals surface area (Å²) in [5.41, 5.74) is 1.84. The minimum atomic E-state index is -0.550. The number of hydrogen-bond donors (Lipinski definition) is 1. The number of nitrogens with one attached hydrogen (secondary N) is 1. The van der Waals surface area contributed by atoms with E-state index in [1.165, 1.54) is 0 Å². The molecule has 0 aliphatic heterocycles. The van der Waals surface area contributed by atoms with Gasteiger partial charge in [-0.05, 0) is 49.1 Å². The minimum Gasteiger partial charge on any atom is -0.325 e. The second-order valence-electron chi connectivity index (χ2n) is 5.72. The number of para-hydroxylation sites is 1. The van der Waals surface area contributed by atoms with Crippen LogP contribution in [0.3, 0.4) is 0 Å². The van der Waals surface area contributed by atoms with Crippen LogP contribution in [0.15, 0.2) is 47.4 Å². The van der Waals surface area contributed by atoms with Gasteiger partial charge in [-0.1, -0.05) is 32.0 Å². The van der Waals surface area contributed by atoms with Crippen molar-refractivity contribution in [3.63, 3.8) is 0 Å². The largest absolute Gasteiger partial charge is 0.325 e. The zero-order valence-electron chi connectivity index (χ0n) is 14.0. The van der Waals surface area contributed by atoms with Crippen LogP contribution in [-0.4, -0.2) is 11.2 Å². The summed E-state index contributed by atoms with van der Waals surface area (Å²) in [7, 11) is 0. The number of carbonyl (C=O) groups excluding carboxylic acids is 1. The van der Waals surface area contributed by atoms with E-state index < -0.39 is 16.9 Å². The number of thioether (sulfide) groups is 1. The van der Waals surface area contributed by atoms with Crippen molar-refractivity contribution in [2.45, 2.75) is 43.3 Å². The van der Waals surface area contributed by atoms with E-state index in [-0.39, 0.29) is 10.8 Å². The summed E-state index contributed by atoms with van der Waals surface area (Å²) < 4.78 is 27.0. The third-order valence-corrected chi connectivity index (χ3v) is 5.06. The quantitative estimate of drug-likeness (QED) is 0.688. The molecule has 1 amide bonds. The molecule has 0 fully saturated rings. The molecule has 0 heterocycles. The van der Waals surface area contributed by atoms with Gasteiger partial charge in [0.2, 0.25) is 5.91 Å². The second-order valence-corrected chi connectivity index (χ2v) is 7.10. The van der Waals surface area contributed by atoms with Crippen molar-refractivity contribution in [2.75, 3.05) is 5.32 Å². The van der Waals surface area contributed by atoms with E-state index in [9.17, 15) is 13.6 Å². The maximum absolute atomic E-state index is 13.7. The van der Waals surface area contributed by atoms with Crippen molar-refractivity contribution < 1.29 is 13.6 Å². The average molecular weight is 349 g/mol. The summed E-state index contributed by atoms with van der Waals surface area (Å²) in [4.78, 5) is 12.6. The van der Waals surface area contributed by atoms with Gasteiger partial charge in [-0.15, -0.1) is 11.8 Å². The lowest BCUT2D eigenvalue weighted by Gasteiger charge is -2.18. The minimum absolute atomic E-state index is 0.132. The number of halogens is 2. The Morgan fingerprint density at radius 3 is 2.58 bits per heavy atom. The maximum Gasteiger partial charge on any atom is 0.237 e. The van der Waals surface area contributed by atoms with Gasteiger partial charge in [-0.3, -0.25) is 4.79 Å². The highest BCUT2D eigenvalue weighted by Crippen LogP contribution is 2.30. The number of carbonyl (C=O) groups is 1. The van der Waals surface area contributed by atoms with Crippen LogP contribution in [0, 0.1) is 11.6 Å². The Labute approximate surface area is 145 Å². The van der Waals surface area contributed by atoms with Crippen LogP contribution in [0.1, 0.15) is 38.7 Å². The fourth-order valence-corrected chi connectivity index (χ4v) is 3.21. The van der Waals surface area contributed by atoms with Crippen LogP contribution < -0.4 is 5.32 Å². The van der Waals surface area contributed by atoms with Gasteiger partial charge < -0.3 is 5.32 Å². The maximum atomic E-state index is 13.7. The summed E-state index contributed by atoms with van der Waals surface area (Å²) >= 11 is 1.00. The third kappa shape index (κ3) is 4.57. The molecule has 0 aliphatic rings. The lowest BCUT2D eigenvalue weighted by molar-refractivity contribution is -0.115. The zero-order valence-corrected chi connectivity index (χ0v) is 14.8. The fourth-order valence-electron chi connectivity index (χ4n) is 2.31. The summed E-state index contributed by atoms with van der Waals surface area (Å²) in [6.45, 7) is 5.87. The van der Waals surface area contributed by atoms with E-state index in [0.717, 1.165) is 47.6 Å². The van der Waals surface area contributed by atoms with Crippen LogP contribution in [0.25, 0.3) is 0 Å². The molecular formula is C19H21F2NOS. The highest BCUT2D eigenvalue weighted by Gasteiger charge is 2.19. The van der Waals surface area contributed by atoms with E-state index >= 15 is 0 Å². The number of amides is 1. The fraction of sp³-hybridized carbons (Fsp3) is 0.316. The Morgan fingerprint density at radius 2 is 1.88 bits per heavy atom. The van der Waals surface area contributed by atoms with E-state index in [1.807, 2.05) is 24.3 Å².